The van der Waals surface area contributed by atoms with Crippen LogP contribution in [0.15, 0.2) is 14.6 Å². The van der Waals surface area contributed by atoms with Crippen LogP contribution in [0.1, 0.15) is 5.56 Å². The van der Waals surface area contributed by atoms with Gasteiger partial charge in [0.05, 0.1) is 18.2 Å². The van der Waals surface area contributed by atoms with Crippen molar-refractivity contribution in [2.45, 2.75) is 18.7 Å². The molecule has 0 amide bonds. The Labute approximate surface area is 96.3 Å². The van der Waals surface area contributed by atoms with E-state index in [9.17, 15) is 9.59 Å². The van der Waals surface area contributed by atoms with Gasteiger partial charge in [-0.25, -0.2) is 4.79 Å². The molecule has 0 aliphatic heterocycles. The number of thioether (sulfide) groups is 1. The Morgan fingerprint density at radius 2 is 2.19 bits per heavy atom. The molecule has 7 heteroatoms. The zero-order valence-corrected chi connectivity index (χ0v) is 9.97. The Balaban J connectivity index is 3.11. The maximum absolute atomic E-state index is 11.5. The lowest BCUT2D eigenvalue weighted by Gasteiger charge is -2.12. The van der Waals surface area contributed by atoms with E-state index >= 15 is 0 Å². The number of aliphatic hydroxyl groups is 1. The molecule has 0 aliphatic rings. The van der Waals surface area contributed by atoms with E-state index in [4.69, 9.17) is 9.84 Å². The maximum atomic E-state index is 11.5. The lowest BCUT2D eigenvalue weighted by molar-refractivity contribution is 0.0411. The van der Waals surface area contributed by atoms with Crippen LogP contribution in [0.4, 0.5) is 0 Å². The van der Waals surface area contributed by atoms with Crippen LogP contribution in [0.2, 0.25) is 0 Å². The van der Waals surface area contributed by atoms with Gasteiger partial charge < -0.3 is 9.84 Å². The lowest BCUT2D eigenvalue weighted by atomic mass is 10.4. The molecular weight excluding hydrogens is 232 g/mol. The van der Waals surface area contributed by atoms with E-state index in [1.165, 1.54) is 16.3 Å². The van der Waals surface area contributed by atoms with E-state index in [0.29, 0.717) is 10.6 Å². The van der Waals surface area contributed by atoms with Gasteiger partial charge in [0.1, 0.15) is 6.73 Å². The summed E-state index contributed by atoms with van der Waals surface area (Å²) < 4.78 is 6.40. The van der Waals surface area contributed by atoms with Gasteiger partial charge in [0, 0.05) is 5.56 Å². The fourth-order valence-electron chi connectivity index (χ4n) is 1.25. The van der Waals surface area contributed by atoms with Gasteiger partial charge in [0.2, 0.25) is 0 Å². The normalized spacial score (nSPS) is 10.7. The predicted molar refractivity (Wildman–Crippen MR) is 60.9 cm³/mol. The Bertz CT molecular complexity index is 466. The Hall–Kier alpha value is -1.05. The number of hydrogen-bond donors (Lipinski definition) is 2. The first-order chi connectivity index (χ1) is 7.61. The number of H-pyrrole nitrogens is 1. The molecule has 0 unspecified atom stereocenters. The standard InChI is InChI=1S/C9H14N2O4S/c1-6-7(13)10-9(14)11(8(6)16-2)5-15-4-3-12/h12H,3-5H2,1-2H3,(H,10,13,14). The van der Waals surface area contributed by atoms with Crippen LogP contribution < -0.4 is 11.2 Å². The van der Waals surface area contributed by atoms with Crippen molar-refractivity contribution in [2.24, 2.45) is 0 Å². The molecule has 0 atom stereocenters. The molecule has 0 saturated heterocycles. The zero-order valence-electron chi connectivity index (χ0n) is 9.15. The van der Waals surface area contributed by atoms with E-state index < -0.39 is 5.69 Å². The van der Waals surface area contributed by atoms with Gasteiger partial charge in [0.25, 0.3) is 5.56 Å². The van der Waals surface area contributed by atoms with Crippen LogP contribution in [-0.4, -0.2) is 34.1 Å². The van der Waals surface area contributed by atoms with E-state index in [1.807, 2.05) is 0 Å². The SMILES string of the molecule is CSc1c(C)c(=O)[nH]c(=O)n1COCCO. The van der Waals surface area contributed by atoms with Crippen LogP contribution in [0.5, 0.6) is 0 Å². The average molecular weight is 246 g/mol. The van der Waals surface area contributed by atoms with E-state index in [1.54, 1.807) is 13.2 Å². The molecular formula is C9H14N2O4S. The van der Waals surface area contributed by atoms with Crippen molar-refractivity contribution in [1.82, 2.24) is 9.55 Å². The van der Waals surface area contributed by atoms with Crippen LogP contribution >= 0.6 is 11.8 Å². The first kappa shape index (κ1) is 13.0. The quantitative estimate of drug-likeness (QED) is 0.417. The molecule has 0 aliphatic carbocycles. The van der Waals surface area contributed by atoms with Crippen molar-refractivity contribution in [2.75, 3.05) is 19.5 Å². The van der Waals surface area contributed by atoms with Crippen molar-refractivity contribution in [1.29, 1.82) is 0 Å². The van der Waals surface area contributed by atoms with Crippen LogP contribution in [-0.2, 0) is 11.5 Å². The maximum Gasteiger partial charge on any atom is 0.331 e. The molecule has 90 valence electrons. The number of aromatic nitrogens is 2. The fraction of sp³-hybridized carbons (Fsp3) is 0.556. The topological polar surface area (TPSA) is 84.3 Å². The molecule has 0 aromatic carbocycles. The number of nitrogens with one attached hydrogen (secondary N) is 1. The largest absolute Gasteiger partial charge is 0.394 e. The monoisotopic (exact) mass is 246 g/mol. The van der Waals surface area contributed by atoms with Gasteiger partial charge >= 0.3 is 5.69 Å². The number of ether oxygens (including phenoxy) is 1. The minimum atomic E-state index is -0.502. The molecule has 16 heavy (non-hydrogen) atoms. The summed E-state index contributed by atoms with van der Waals surface area (Å²) >= 11 is 1.31. The molecule has 0 fully saturated rings. The second-order valence-corrected chi connectivity index (χ2v) is 3.88. The van der Waals surface area contributed by atoms with Gasteiger partial charge in [-0.05, 0) is 13.2 Å². The molecule has 1 aromatic rings. The van der Waals surface area contributed by atoms with Crippen LogP contribution in [0, 0.1) is 6.92 Å². The number of aliphatic hydroxyl groups excluding tert-OH is 1. The average Bonchev–Trinajstić information content (AvgIpc) is 2.26. The highest BCUT2D eigenvalue weighted by molar-refractivity contribution is 7.98. The molecule has 0 spiro atoms. The van der Waals surface area contributed by atoms with Crippen molar-refractivity contribution in [3.05, 3.63) is 26.4 Å². The summed E-state index contributed by atoms with van der Waals surface area (Å²) in [7, 11) is 0. The third kappa shape index (κ3) is 2.75. The fourth-order valence-corrected chi connectivity index (χ4v) is 2.01. The van der Waals surface area contributed by atoms with E-state index in [0.717, 1.165) is 0 Å². The first-order valence-corrected chi connectivity index (χ1v) is 5.90. The van der Waals surface area contributed by atoms with Crippen LogP contribution in [0.3, 0.4) is 0 Å². The summed E-state index contributed by atoms with van der Waals surface area (Å²) in [4.78, 5) is 25.1. The summed E-state index contributed by atoms with van der Waals surface area (Å²) in [5.74, 6) is 0. The Morgan fingerprint density at radius 3 is 2.75 bits per heavy atom. The van der Waals surface area contributed by atoms with Gasteiger partial charge in [0.15, 0.2) is 0 Å². The molecule has 1 heterocycles. The summed E-state index contributed by atoms with van der Waals surface area (Å²) in [6, 6.07) is 0. The van der Waals surface area contributed by atoms with Gasteiger partial charge in [-0.3, -0.25) is 14.3 Å². The molecule has 1 rings (SSSR count). The summed E-state index contributed by atoms with van der Waals surface area (Å²) in [6.07, 6.45) is 1.78. The number of rotatable bonds is 5. The smallest absolute Gasteiger partial charge is 0.331 e. The molecule has 1 aromatic heterocycles. The third-order valence-corrected chi connectivity index (χ3v) is 2.93. The third-order valence-electron chi connectivity index (χ3n) is 2.02. The number of aromatic amines is 1. The first-order valence-electron chi connectivity index (χ1n) is 4.68. The van der Waals surface area contributed by atoms with Gasteiger partial charge in [-0.2, -0.15) is 0 Å². The zero-order chi connectivity index (χ0) is 12.1. The van der Waals surface area contributed by atoms with Crippen LogP contribution in [0.25, 0.3) is 0 Å². The molecule has 2 N–H and O–H groups in total. The Morgan fingerprint density at radius 1 is 1.50 bits per heavy atom. The van der Waals surface area contributed by atoms with E-state index in [-0.39, 0.29) is 25.5 Å². The molecule has 0 saturated carbocycles. The number of hydrogen-bond acceptors (Lipinski definition) is 5. The van der Waals surface area contributed by atoms with Gasteiger partial charge in [-0.1, -0.05) is 0 Å². The van der Waals surface area contributed by atoms with Crippen molar-refractivity contribution >= 4 is 11.8 Å². The molecule has 0 bridgehead atoms. The highest BCUT2D eigenvalue weighted by Crippen LogP contribution is 2.14. The highest BCUT2D eigenvalue weighted by Gasteiger charge is 2.10. The minimum absolute atomic E-state index is 0.0210. The summed E-state index contributed by atoms with van der Waals surface area (Å²) in [6.45, 7) is 1.71. The Kier molecular flexibility index (Phi) is 4.78. The van der Waals surface area contributed by atoms with Crippen molar-refractivity contribution in [3.8, 4) is 0 Å². The van der Waals surface area contributed by atoms with Crippen molar-refractivity contribution < 1.29 is 9.84 Å². The second-order valence-electron chi connectivity index (χ2n) is 3.08. The summed E-state index contributed by atoms with van der Waals surface area (Å²) in [5, 5.41) is 9.14. The molecule has 6 nitrogen and oxygen atoms in total. The van der Waals surface area contributed by atoms with Gasteiger partial charge in [-0.15, -0.1) is 11.8 Å². The predicted octanol–water partition coefficient (Wildman–Crippen LogP) is -0.467. The minimum Gasteiger partial charge on any atom is -0.394 e. The summed E-state index contributed by atoms with van der Waals surface area (Å²) in [5.41, 5.74) is -0.398. The second kappa shape index (κ2) is 5.88. The van der Waals surface area contributed by atoms with E-state index in [2.05, 4.69) is 4.98 Å². The molecule has 0 radical (unpaired) electrons. The highest BCUT2D eigenvalue weighted by atomic mass is 32.2. The number of nitrogens with zero attached hydrogens (tertiary/aromatic N) is 1. The van der Waals surface area contributed by atoms with Crippen molar-refractivity contribution in [3.63, 3.8) is 0 Å². The lowest BCUT2D eigenvalue weighted by Crippen LogP contribution is -2.33.